The van der Waals surface area contributed by atoms with Gasteiger partial charge in [-0.25, -0.2) is 4.98 Å². The average Bonchev–Trinajstić information content (AvgIpc) is 3.01. The minimum absolute atomic E-state index is 0.726. The summed E-state index contributed by atoms with van der Waals surface area (Å²) in [6, 6.07) is 5.97. The van der Waals surface area contributed by atoms with Crippen molar-refractivity contribution >= 4 is 16.5 Å². The number of nitrogens with one attached hydrogen (secondary N) is 1. The standard InChI is InChI=1S/C17H23N3O2S/c1-4-20-8-7-13-16(11-20)23-17(19-13)18-10-12-5-6-14(21-2)15(9-12)22-3/h5-6,9H,4,7-8,10-11H2,1-3H3,(H,18,19). The molecule has 1 N–H and O–H groups in total. The number of ether oxygens (including phenoxy) is 2. The third kappa shape index (κ3) is 3.59. The fourth-order valence-corrected chi connectivity index (χ4v) is 3.81. The lowest BCUT2D eigenvalue weighted by atomic mass is 10.2. The van der Waals surface area contributed by atoms with Gasteiger partial charge in [-0.2, -0.15) is 0 Å². The second kappa shape index (κ2) is 7.19. The quantitative estimate of drug-likeness (QED) is 0.880. The molecule has 0 aliphatic carbocycles. The summed E-state index contributed by atoms with van der Waals surface area (Å²) in [5, 5.41) is 4.43. The van der Waals surface area contributed by atoms with Crippen molar-refractivity contribution in [3.63, 3.8) is 0 Å². The predicted molar refractivity (Wildman–Crippen MR) is 93.6 cm³/mol. The molecule has 0 spiro atoms. The summed E-state index contributed by atoms with van der Waals surface area (Å²) in [5.74, 6) is 1.50. The average molecular weight is 333 g/mol. The van der Waals surface area contributed by atoms with Gasteiger partial charge in [0.25, 0.3) is 0 Å². The Balaban J connectivity index is 1.66. The molecule has 1 aromatic heterocycles. The Labute approximate surface area is 141 Å². The zero-order valence-corrected chi connectivity index (χ0v) is 14.7. The van der Waals surface area contributed by atoms with Gasteiger partial charge in [0, 0.05) is 30.9 Å². The van der Waals surface area contributed by atoms with Crippen LogP contribution in [-0.4, -0.2) is 37.2 Å². The Hall–Kier alpha value is -1.79. The molecule has 1 aromatic carbocycles. The lowest BCUT2D eigenvalue weighted by molar-refractivity contribution is 0.270. The van der Waals surface area contributed by atoms with Crippen LogP contribution in [-0.2, 0) is 19.5 Å². The SMILES string of the molecule is CCN1CCc2nc(NCc3ccc(OC)c(OC)c3)sc2C1. The number of nitrogens with zero attached hydrogens (tertiary/aromatic N) is 2. The smallest absolute Gasteiger partial charge is 0.183 e. The molecule has 0 fully saturated rings. The Kier molecular flexibility index (Phi) is 5.03. The first kappa shape index (κ1) is 16.1. The van der Waals surface area contributed by atoms with E-state index in [1.807, 2.05) is 18.2 Å². The first-order valence-electron chi connectivity index (χ1n) is 7.89. The third-order valence-electron chi connectivity index (χ3n) is 4.15. The molecule has 0 bridgehead atoms. The summed E-state index contributed by atoms with van der Waals surface area (Å²) in [6.07, 6.45) is 1.05. The summed E-state index contributed by atoms with van der Waals surface area (Å²) >= 11 is 1.77. The van der Waals surface area contributed by atoms with E-state index in [2.05, 4.69) is 17.1 Å². The van der Waals surface area contributed by atoms with Crippen molar-refractivity contribution in [2.24, 2.45) is 0 Å². The topological polar surface area (TPSA) is 46.6 Å². The van der Waals surface area contributed by atoms with Gasteiger partial charge in [-0.3, -0.25) is 4.90 Å². The van der Waals surface area contributed by atoms with E-state index in [0.29, 0.717) is 0 Å². The van der Waals surface area contributed by atoms with Crippen molar-refractivity contribution in [1.82, 2.24) is 9.88 Å². The molecule has 6 heteroatoms. The Morgan fingerprint density at radius 3 is 2.83 bits per heavy atom. The molecule has 2 aromatic rings. The van der Waals surface area contributed by atoms with E-state index in [9.17, 15) is 0 Å². The zero-order chi connectivity index (χ0) is 16.2. The van der Waals surface area contributed by atoms with Crippen LogP contribution >= 0.6 is 11.3 Å². The number of hydrogen-bond donors (Lipinski definition) is 1. The molecule has 2 heterocycles. The lowest BCUT2D eigenvalue weighted by Crippen LogP contribution is -2.29. The summed E-state index contributed by atoms with van der Waals surface area (Å²) < 4.78 is 10.6. The number of thiazole rings is 1. The van der Waals surface area contributed by atoms with Crippen LogP contribution in [0.25, 0.3) is 0 Å². The predicted octanol–water partition coefficient (Wildman–Crippen LogP) is 3.15. The minimum atomic E-state index is 0.726. The highest BCUT2D eigenvalue weighted by Crippen LogP contribution is 2.30. The van der Waals surface area contributed by atoms with Crippen LogP contribution in [0.1, 0.15) is 23.1 Å². The zero-order valence-electron chi connectivity index (χ0n) is 13.9. The molecule has 0 atom stereocenters. The van der Waals surface area contributed by atoms with E-state index in [4.69, 9.17) is 14.5 Å². The Bertz CT molecular complexity index is 672. The highest BCUT2D eigenvalue weighted by Gasteiger charge is 2.19. The number of aromatic nitrogens is 1. The van der Waals surface area contributed by atoms with Gasteiger partial charge in [0.15, 0.2) is 16.6 Å². The van der Waals surface area contributed by atoms with Crippen molar-refractivity contribution in [2.45, 2.75) is 26.4 Å². The second-order valence-electron chi connectivity index (χ2n) is 5.55. The van der Waals surface area contributed by atoms with Gasteiger partial charge in [0.1, 0.15) is 0 Å². The van der Waals surface area contributed by atoms with Gasteiger partial charge in [-0.15, -0.1) is 11.3 Å². The van der Waals surface area contributed by atoms with Crippen molar-refractivity contribution in [1.29, 1.82) is 0 Å². The van der Waals surface area contributed by atoms with E-state index in [-0.39, 0.29) is 0 Å². The van der Waals surface area contributed by atoms with Crippen LogP contribution in [0.2, 0.25) is 0 Å². The molecule has 0 unspecified atom stereocenters. The molecular formula is C17H23N3O2S. The number of anilines is 1. The number of fused-ring (bicyclic) bond motifs is 1. The second-order valence-corrected chi connectivity index (χ2v) is 6.63. The lowest BCUT2D eigenvalue weighted by Gasteiger charge is -2.23. The van der Waals surface area contributed by atoms with Crippen LogP contribution < -0.4 is 14.8 Å². The minimum Gasteiger partial charge on any atom is -0.493 e. The molecule has 5 nitrogen and oxygen atoms in total. The van der Waals surface area contributed by atoms with Crippen molar-refractivity contribution in [2.75, 3.05) is 32.6 Å². The molecule has 124 valence electrons. The molecule has 1 aliphatic rings. The van der Waals surface area contributed by atoms with Crippen LogP contribution in [0.4, 0.5) is 5.13 Å². The molecule has 0 saturated carbocycles. The molecule has 23 heavy (non-hydrogen) atoms. The largest absolute Gasteiger partial charge is 0.493 e. The summed E-state index contributed by atoms with van der Waals surface area (Å²) in [6.45, 7) is 6.18. The summed E-state index contributed by atoms with van der Waals surface area (Å²) in [7, 11) is 3.30. The van der Waals surface area contributed by atoms with E-state index in [0.717, 1.165) is 54.8 Å². The van der Waals surface area contributed by atoms with Crippen molar-refractivity contribution < 1.29 is 9.47 Å². The molecule has 3 rings (SSSR count). The molecule has 0 saturated heterocycles. The van der Waals surface area contributed by atoms with Gasteiger partial charge in [-0.05, 0) is 24.2 Å². The Morgan fingerprint density at radius 1 is 1.26 bits per heavy atom. The van der Waals surface area contributed by atoms with Crippen LogP contribution in [0, 0.1) is 0 Å². The highest BCUT2D eigenvalue weighted by atomic mass is 32.1. The van der Waals surface area contributed by atoms with Gasteiger partial charge in [0.05, 0.1) is 19.9 Å². The monoisotopic (exact) mass is 333 g/mol. The Morgan fingerprint density at radius 2 is 2.09 bits per heavy atom. The first-order valence-corrected chi connectivity index (χ1v) is 8.70. The summed E-state index contributed by atoms with van der Waals surface area (Å²) in [4.78, 5) is 8.59. The number of rotatable bonds is 6. The molecule has 0 amide bonds. The van der Waals surface area contributed by atoms with Crippen LogP contribution in [0.3, 0.4) is 0 Å². The molecule has 1 aliphatic heterocycles. The third-order valence-corrected chi connectivity index (χ3v) is 5.19. The fraction of sp³-hybridized carbons (Fsp3) is 0.471. The van der Waals surface area contributed by atoms with Gasteiger partial charge in [0.2, 0.25) is 0 Å². The maximum atomic E-state index is 5.35. The van der Waals surface area contributed by atoms with E-state index < -0.39 is 0 Å². The van der Waals surface area contributed by atoms with Gasteiger partial charge < -0.3 is 14.8 Å². The van der Waals surface area contributed by atoms with E-state index in [1.54, 1.807) is 25.6 Å². The number of likely N-dealkylation sites (N-methyl/N-ethyl adjacent to an activating group) is 1. The first-order chi connectivity index (χ1) is 11.2. The van der Waals surface area contributed by atoms with Crippen LogP contribution in [0.5, 0.6) is 11.5 Å². The normalized spacial score (nSPS) is 14.4. The maximum Gasteiger partial charge on any atom is 0.183 e. The van der Waals surface area contributed by atoms with Gasteiger partial charge in [-0.1, -0.05) is 13.0 Å². The fourth-order valence-electron chi connectivity index (χ4n) is 2.76. The number of hydrogen-bond acceptors (Lipinski definition) is 6. The van der Waals surface area contributed by atoms with Crippen molar-refractivity contribution in [3.05, 3.63) is 34.3 Å². The number of benzene rings is 1. The van der Waals surface area contributed by atoms with Gasteiger partial charge >= 0.3 is 0 Å². The number of methoxy groups -OCH3 is 2. The van der Waals surface area contributed by atoms with E-state index in [1.165, 1.54) is 10.6 Å². The van der Waals surface area contributed by atoms with Crippen LogP contribution in [0.15, 0.2) is 18.2 Å². The van der Waals surface area contributed by atoms with Crippen molar-refractivity contribution in [3.8, 4) is 11.5 Å². The molecule has 0 radical (unpaired) electrons. The maximum absolute atomic E-state index is 5.35. The molecular weight excluding hydrogens is 310 g/mol. The van der Waals surface area contributed by atoms with E-state index >= 15 is 0 Å². The highest BCUT2D eigenvalue weighted by molar-refractivity contribution is 7.15. The summed E-state index contributed by atoms with van der Waals surface area (Å²) in [5.41, 5.74) is 2.40.